The number of H-pyrrole nitrogens is 1. The van der Waals surface area contributed by atoms with Gasteiger partial charge >= 0.3 is 0 Å². The van der Waals surface area contributed by atoms with Gasteiger partial charge in [0.25, 0.3) is 5.91 Å². The van der Waals surface area contributed by atoms with E-state index in [4.69, 9.17) is 0 Å². The summed E-state index contributed by atoms with van der Waals surface area (Å²) in [7, 11) is 0. The maximum absolute atomic E-state index is 12.8. The maximum atomic E-state index is 12.8. The third-order valence-electron chi connectivity index (χ3n) is 4.73. The van der Waals surface area contributed by atoms with Crippen molar-refractivity contribution < 1.29 is 14.4 Å². The minimum absolute atomic E-state index is 0.0765. The fourth-order valence-corrected chi connectivity index (χ4v) is 3.10. The van der Waals surface area contributed by atoms with E-state index in [1.54, 1.807) is 35.2 Å². The van der Waals surface area contributed by atoms with Crippen LogP contribution in [0.15, 0.2) is 72.9 Å². The SMILES string of the molecule is CC(=O)N(CCC(=O)NC(C(=O)Nc1ccn[nH]1)c1ccccc1)Cc1ccccc1. The van der Waals surface area contributed by atoms with Crippen LogP contribution in [0.4, 0.5) is 5.82 Å². The quantitative estimate of drug-likeness (QED) is 0.496. The van der Waals surface area contributed by atoms with Crippen LogP contribution in [0.3, 0.4) is 0 Å². The lowest BCUT2D eigenvalue weighted by Gasteiger charge is -2.22. The molecule has 160 valence electrons. The molecule has 0 aliphatic carbocycles. The van der Waals surface area contributed by atoms with Crippen LogP contribution in [0.1, 0.15) is 30.5 Å². The summed E-state index contributed by atoms with van der Waals surface area (Å²) in [6.07, 6.45) is 1.60. The maximum Gasteiger partial charge on any atom is 0.252 e. The molecule has 0 fully saturated rings. The standard InChI is InChI=1S/C23H25N5O3/c1-17(29)28(16-18-8-4-2-5-9-18)15-13-21(30)26-22(19-10-6-3-7-11-19)23(31)25-20-12-14-24-27-20/h2-12,14,22H,13,15-16H2,1H3,(H,26,30)(H2,24,25,27,31). The highest BCUT2D eigenvalue weighted by Gasteiger charge is 2.23. The Bertz CT molecular complexity index is 991. The average molecular weight is 419 g/mol. The van der Waals surface area contributed by atoms with Crippen LogP contribution in [0.5, 0.6) is 0 Å². The minimum Gasteiger partial charge on any atom is -0.340 e. The molecule has 3 amide bonds. The molecule has 0 aliphatic heterocycles. The number of amides is 3. The van der Waals surface area contributed by atoms with Crippen LogP contribution < -0.4 is 10.6 Å². The van der Waals surface area contributed by atoms with Gasteiger partial charge in [0.1, 0.15) is 11.9 Å². The van der Waals surface area contributed by atoms with Crippen molar-refractivity contribution in [3.05, 3.63) is 84.1 Å². The molecule has 3 rings (SSSR count). The molecule has 8 heteroatoms. The van der Waals surface area contributed by atoms with Crippen LogP contribution in [0.2, 0.25) is 0 Å². The van der Waals surface area contributed by atoms with Gasteiger partial charge in [-0.25, -0.2) is 0 Å². The lowest BCUT2D eigenvalue weighted by Crippen LogP contribution is -2.39. The van der Waals surface area contributed by atoms with Crippen molar-refractivity contribution in [1.29, 1.82) is 0 Å². The average Bonchev–Trinajstić information content (AvgIpc) is 3.29. The highest BCUT2D eigenvalue weighted by atomic mass is 16.2. The predicted octanol–water partition coefficient (Wildman–Crippen LogP) is 2.64. The van der Waals surface area contributed by atoms with E-state index in [1.807, 2.05) is 36.4 Å². The van der Waals surface area contributed by atoms with E-state index in [1.165, 1.54) is 13.1 Å². The molecule has 0 radical (unpaired) electrons. The van der Waals surface area contributed by atoms with Gasteiger partial charge in [-0.15, -0.1) is 0 Å². The highest BCUT2D eigenvalue weighted by Crippen LogP contribution is 2.15. The number of benzene rings is 2. The van der Waals surface area contributed by atoms with Crippen LogP contribution in [0.25, 0.3) is 0 Å². The minimum atomic E-state index is -0.878. The monoisotopic (exact) mass is 419 g/mol. The van der Waals surface area contributed by atoms with Gasteiger partial charge in [-0.1, -0.05) is 60.7 Å². The summed E-state index contributed by atoms with van der Waals surface area (Å²) < 4.78 is 0. The molecule has 1 aromatic heterocycles. The Morgan fingerprint density at radius 3 is 2.29 bits per heavy atom. The number of rotatable bonds is 9. The summed E-state index contributed by atoms with van der Waals surface area (Å²) in [5.74, 6) is -0.400. The number of nitrogens with one attached hydrogen (secondary N) is 3. The van der Waals surface area contributed by atoms with Crippen molar-refractivity contribution in [2.75, 3.05) is 11.9 Å². The summed E-state index contributed by atoms with van der Waals surface area (Å²) in [5, 5.41) is 12.0. The van der Waals surface area contributed by atoms with Crippen molar-refractivity contribution in [2.45, 2.75) is 25.9 Å². The van der Waals surface area contributed by atoms with E-state index in [-0.39, 0.29) is 24.8 Å². The third-order valence-corrected chi connectivity index (χ3v) is 4.73. The van der Waals surface area contributed by atoms with E-state index < -0.39 is 11.9 Å². The van der Waals surface area contributed by atoms with Gasteiger partial charge in [0.2, 0.25) is 11.8 Å². The number of hydrogen-bond donors (Lipinski definition) is 3. The topological polar surface area (TPSA) is 107 Å². The number of hydrogen-bond acceptors (Lipinski definition) is 4. The van der Waals surface area contributed by atoms with Crippen molar-refractivity contribution in [3.8, 4) is 0 Å². The number of carbonyl (C=O) groups is 3. The van der Waals surface area contributed by atoms with E-state index in [0.717, 1.165) is 5.56 Å². The molecular formula is C23H25N5O3. The molecule has 8 nitrogen and oxygen atoms in total. The molecule has 0 saturated carbocycles. The first kappa shape index (κ1) is 21.8. The smallest absolute Gasteiger partial charge is 0.252 e. The van der Waals surface area contributed by atoms with E-state index in [0.29, 0.717) is 17.9 Å². The Hall–Kier alpha value is -3.94. The molecule has 0 spiro atoms. The molecule has 0 aliphatic rings. The van der Waals surface area contributed by atoms with Gasteiger partial charge in [0, 0.05) is 32.5 Å². The van der Waals surface area contributed by atoms with Gasteiger partial charge in [-0.3, -0.25) is 19.5 Å². The van der Waals surface area contributed by atoms with E-state index >= 15 is 0 Å². The lowest BCUT2D eigenvalue weighted by molar-refractivity contribution is -0.131. The summed E-state index contributed by atoms with van der Waals surface area (Å²) >= 11 is 0. The highest BCUT2D eigenvalue weighted by molar-refractivity contribution is 5.97. The first-order valence-electron chi connectivity index (χ1n) is 9.97. The first-order chi connectivity index (χ1) is 15.0. The van der Waals surface area contributed by atoms with Gasteiger partial charge in [0.05, 0.1) is 6.20 Å². The fourth-order valence-electron chi connectivity index (χ4n) is 3.10. The van der Waals surface area contributed by atoms with Crippen molar-refractivity contribution in [3.63, 3.8) is 0 Å². The van der Waals surface area contributed by atoms with Crippen LogP contribution >= 0.6 is 0 Å². The fraction of sp³-hybridized carbons (Fsp3) is 0.217. The number of aromatic amines is 1. The summed E-state index contributed by atoms with van der Waals surface area (Å²) in [6.45, 7) is 2.15. The third kappa shape index (κ3) is 6.53. The van der Waals surface area contributed by atoms with Crippen molar-refractivity contribution in [2.24, 2.45) is 0 Å². The van der Waals surface area contributed by atoms with Crippen molar-refractivity contribution >= 4 is 23.5 Å². The second-order valence-corrected chi connectivity index (χ2v) is 7.05. The summed E-state index contributed by atoms with van der Waals surface area (Å²) in [4.78, 5) is 39.1. The second-order valence-electron chi connectivity index (χ2n) is 7.05. The van der Waals surface area contributed by atoms with Crippen LogP contribution in [-0.2, 0) is 20.9 Å². The summed E-state index contributed by atoms with van der Waals surface area (Å²) in [5.41, 5.74) is 1.64. The number of nitrogens with zero attached hydrogens (tertiary/aromatic N) is 2. The first-order valence-corrected chi connectivity index (χ1v) is 9.97. The van der Waals surface area contributed by atoms with Gasteiger partial charge in [0.15, 0.2) is 0 Å². The molecule has 1 unspecified atom stereocenters. The van der Waals surface area contributed by atoms with E-state index in [9.17, 15) is 14.4 Å². The normalized spacial score (nSPS) is 11.4. The van der Waals surface area contributed by atoms with Gasteiger partial charge in [-0.2, -0.15) is 5.10 Å². The number of carbonyl (C=O) groups excluding carboxylic acids is 3. The Labute approximate surface area is 180 Å². The summed E-state index contributed by atoms with van der Waals surface area (Å²) in [6, 6.07) is 19.3. The molecule has 1 heterocycles. The predicted molar refractivity (Wildman–Crippen MR) is 117 cm³/mol. The Morgan fingerprint density at radius 2 is 1.68 bits per heavy atom. The molecular weight excluding hydrogens is 394 g/mol. The number of aromatic nitrogens is 2. The van der Waals surface area contributed by atoms with Crippen molar-refractivity contribution in [1.82, 2.24) is 20.4 Å². The lowest BCUT2D eigenvalue weighted by atomic mass is 10.1. The molecule has 3 aromatic rings. The van der Waals surface area contributed by atoms with Gasteiger partial charge in [-0.05, 0) is 11.1 Å². The zero-order chi connectivity index (χ0) is 22.1. The van der Waals surface area contributed by atoms with Crippen LogP contribution in [-0.4, -0.2) is 39.4 Å². The molecule has 2 aromatic carbocycles. The molecule has 1 atom stereocenters. The van der Waals surface area contributed by atoms with Gasteiger partial charge < -0.3 is 15.5 Å². The zero-order valence-electron chi connectivity index (χ0n) is 17.2. The Morgan fingerprint density at radius 1 is 1.00 bits per heavy atom. The largest absolute Gasteiger partial charge is 0.340 e. The van der Waals surface area contributed by atoms with E-state index in [2.05, 4.69) is 20.8 Å². The number of anilines is 1. The Kier molecular flexibility index (Phi) is 7.53. The Balaban J connectivity index is 1.63. The second kappa shape index (κ2) is 10.7. The molecule has 0 bridgehead atoms. The molecule has 3 N–H and O–H groups in total. The molecule has 0 saturated heterocycles. The van der Waals surface area contributed by atoms with Crippen LogP contribution in [0, 0.1) is 0 Å². The molecule has 31 heavy (non-hydrogen) atoms. The zero-order valence-corrected chi connectivity index (χ0v) is 17.2.